The Kier molecular flexibility index (Phi) is 13.5. The Hall–Kier alpha value is 0.960. The van der Waals surface area contributed by atoms with Gasteiger partial charge in [0.1, 0.15) is 0 Å². The molecule has 0 nitrogen and oxygen atoms in total. The SMILES string of the molecule is C1=CC=CC=CC=C1.[Na].[Na]. The van der Waals surface area contributed by atoms with E-state index in [2.05, 4.69) is 0 Å². The van der Waals surface area contributed by atoms with Crippen LogP contribution in [0.2, 0.25) is 0 Å². The zero-order chi connectivity index (χ0) is 5.66. The van der Waals surface area contributed by atoms with Crippen molar-refractivity contribution in [1.29, 1.82) is 0 Å². The predicted octanol–water partition coefficient (Wildman–Crippen LogP) is 1.46. The van der Waals surface area contributed by atoms with Crippen LogP contribution in [0.5, 0.6) is 0 Å². The molecule has 42 valence electrons. The molecule has 0 heterocycles. The fourth-order valence-corrected chi connectivity index (χ4v) is 0.513. The molecule has 1 aliphatic rings. The predicted molar refractivity (Wildman–Crippen MR) is 48.1 cm³/mol. The normalized spacial score (nSPS) is 12.8. The second-order valence-electron chi connectivity index (χ2n) is 1.54. The first-order valence-electron chi connectivity index (χ1n) is 2.67. The Morgan fingerprint density at radius 1 is 0.300 bits per heavy atom. The van der Waals surface area contributed by atoms with Crippen LogP contribution in [0, 0.1) is 0 Å². The maximum absolute atomic E-state index is 2.00. The second kappa shape index (κ2) is 9.96. The van der Waals surface area contributed by atoms with Gasteiger partial charge in [0.25, 0.3) is 0 Å². The van der Waals surface area contributed by atoms with Crippen molar-refractivity contribution < 1.29 is 0 Å². The molecule has 1 aliphatic carbocycles. The van der Waals surface area contributed by atoms with Crippen molar-refractivity contribution in [2.24, 2.45) is 0 Å². The largest absolute Gasteiger partial charge is 0.0623 e. The summed E-state index contributed by atoms with van der Waals surface area (Å²) in [5, 5.41) is 0. The average molecular weight is 150 g/mol. The summed E-state index contributed by atoms with van der Waals surface area (Å²) in [5.41, 5.74) is 0. The first-order valence-corrected chi connectivity index (χ1v) is 2.67. The minimum atomic E-state index is 0. The quantitative estimate of drug-likeness (QED) is 0.458. The minimum absolute atomic E-state index is 0. The summed E-state index contributed by atoms with van der Waals surface area (Å²) in [4.78, 5) is 0. The Morgan fingerprint density at radius 2 is 0.400 bits per heavy atom. The van der Waals surface area contributed by atoms with E-state index in [-0.39, 0.29) is 59.1 Å². The van der Waals surface area contributed by atoms with Gasteiger partial charge in [0.15, 0.2) is 0 Å². The number of hydrogen-bond donors (Lipinski definition) is 0. The van der Waals surface area contributed by atoms with Gasteiger partial charge in [-0.3, -0.25) is 0 Å². The molecule has 0 aliphatic heterocycles. The van der Waals surface area contributed by atoms with Gasteiger partial charge in [-0.15, -0.1) is 0 Å². The molecule has 1 rings (SSSR count). The maximum atomic E-state index is 2.00. The van der Waals surface area contributed by atoms with Crippen LogP contribution in [0.4, 0.5) is 0 Å². The summed E-state index contributed by atoms with van der Waals surface area (Å²) < 4.78 is 0. The van der Waals surface area contributed by atoms with E-state index >= 15 is 0 Å². The Labute approximate surface area is 106 Å². The van der Waals surface area contributed by atoms with Gasteiger partial charge in [0.2, 0.25) is 0 Å². The molecule has 0 spiro atoms. The Bertz CT molecular complexity index is 108. The van der Waals surface area contributed by atoms with Crippen molar-refractivity contribution in [2.75, 3.05) is 0 Å². The van der Waals surface area contributed by atoms with E-state index in [1.807, 2.05) is 48.6 Å². The molecular weight excluding hydrogens is 142 g/mol. The third-order valence-corrected chi connectivity index (χ3v) is 0.889. The van der Waals surface area contributed by atoms with Crippen LogP contribution in [-0.4, -0.2) is 59.1 Å². The van der Waals surface area contributed by atoms with Crippen LogP contribution in [0.3, 0.4) is 0 Å². The number of allylic oxidation sites excluding steroid dienone is 8. The number of hydrogen-bond acceptors (Lipinski definition) is 0. The Balaban J connectivity index is 0. The maximum Gasteiger partial charge on any atom is 0 e. The summed E-state index contributed by atoms with van der Waals surface area (Å²) >= 11 is 0. The van der Waals surface area contributed by atoms with E-state index < -0.39 is 0 Å². The van der Waals surface area contributed by atoms with Crippen LogP contribution in [0.1, 0.15) is 0 Å². The molecule has 0 amide bonds. The van der Waals surface area contributed by atoms with Gasteiger partial charge in [-0.25, -0.2) is 0 Å². The molecule has 2 radical (unpaired) electrons. The molecule has 0 saturated carbocycles. The molecule has 0 unspecified atom stereocenters. The molecule has 0 fully saturated rings. The summed E-state index contributed by atoms with van der Waals surface area (Å²) in [6, 6.07) is 0. The summed E-state index contributed by atoms with van der Waals surface area (Å²) in [6.07, 6.45) is 16.0. The van der Waals surface area contributed by atoms with Gasteiger partial charge < -0.3 is 0 Å². The summed E-state index contributed by atoms with van der Waals surface area (Å²) in [7, 11) is 0. The van der Waals surface area contributed by atoms with Crippen LogP contribution in [0.15, 0.2) is 48.6 Å². The van der Waals surface area contributed by atoms with E-state index in [1.165, 1.54) is 0 Å². The van der Waals surface area contributed by atoms with Crippen molar-refractivity contribution in [3.63, 3.8) is 0 Å². The molecule has 0 atom stereocenters. The van der Waals surface area contributed by atoms with Gasteiger partial charge in [-0.2, -0.15) is 0 Å². The molecule has 0 N–H and O–H groups in total. The van der Waals surface area contributed by atoms with Gasteiger partial charge in [-0.1, -0.05) is 48.6 Å². The van der Waals surface area contributed by atoms with Crippen molar-refractivity contribution in [1.82, 2.24) is 0 Å². The van der Waals surface area contributed by atoms with Crippen molar-refractivity contribution >= 4 is 59.1 Å². The second-order valence-corrected chi connectivity index (χ2v) is 1.54. The molecule has 2 heteroatoms. The molecule has 10 heavy (non-hydrogen) atoms. The molecular formula is C8H8Na2. The molecule has 0 bridgehead atoms. The van der Waals surface area contributed by atoms with E-state index in [4.69, 9.17) is 0 Å². The van der Waals surface area contributed by atoms with Gasteiger partial charge in [0.05, 0.1) is 0 Å². The van der Waals surface area contributed by atoms with E-state index in [0.717, 1.165) is 0 Å². The third-order valence-electron chi connectivity index (χ3n) is 0.889. The molecule has 0 saturated heterocycles. The van der Waals surface area contributed by atoms with Crippen LogP contribution in [-0.2, 0) is 0 Å². The zero-order valence-electron chi connectivity index (χ0n) is 6.62. The molecule has 0 aromatic rings. The zero-order valence-corrected chi connectivity index (χ0v) is 10.6. The minimum Gasteiger partial charge on any atom is -0.0623 e. The molecule has 0 aromatic carbocycles. The standard InChI is InChI=1S/C8H8.2Na/c1-2-4-6-8-7-5-3-1;;/h1-8H;;. The van der Waals surface area contributed by atoms with Crippen molar-refractivity contribution in [3.8, 4) is 0 Å². The van der Waals surface area contributed by atoms with Crippen LogP contribution in [0.25, 0.3) is 0 Å². The fourth-order valence-electron chi connectivity index (χ4n) is 0.513. The third kappa shape index (κ3) is 7.07. The molecule has 0 aromatic heterocycles. The van der Waals surface area contributed by atoms with Gasteiger partial charge in [0, 0.05) is 59.1 Å². The van der Waals surface area contributed by atoms with E-state index in [0.29, 0.717) is 0 Å². The van der Waals surface area contributed by atoms with E-state index in [1.54, 1.807) is 0 Å². The monoisotopic (exact) mass is 150 g/mol. The Morgan fingerprint density at radius 3 is 0.500 bits per heavy atom. The average Bonchev–Trinajstić information content (AvgIpc) is 1.62. The van der Waals surface area contributed by atoms with Crippen molar-refractivity contribution in [3.05, 3.63) is 48.6 Å². The first kappa shape index (κ1) is 13.5. The van der Waals surface area contributed by atoms with Gasteiger partial charge >= 0.3 is 0 Å². The van der Waals surface area contributed by atoms with E-state index in [9.17, 15) is 0 Å². The summed E-state index contributed by atoms with van der Waals surface area (Å²) in [5.74, 6) is 0. The van der Waals surface area contributed by atoms with Crippen LogP contribution < -0.4 is 0 Å². The number of rotatable bonds is 0. The van der Waals surface area contributed by atoms with Gasteiger partial charge in [-0.05, 0) is 0 Å². The van der Waals surface area contributed by atoms with Crippen molar-refractivity contribution in [2.45, 2.75) is 0 Å². The first-order chi connectivity index (χ1) is 4.00. The smallest absolute Gasteiger partial charge is 0 e. The summed E-state index contributed by atoms with van der Waals surface area (Å²) in [6.45, 7) is 0. The fraction of sp³-hybridized carbons (Fsp3) is 0. The topological polar surface area (TPSA) is 0 Å². The van der Waals surface area contributed by atoms with Crippen LogP contribution >= 0.6 is 0 Å².